The predicted octanol–water partition coefficient (Wildman–Crippen LogP) is 4.48. The van der Waals surface area contributed by atoms with Gasteiger partial charge in [-0.25, -0.2) is 0 Å². The van der Waals surface area contributed by atoms with Gasteiger partial charge in [-0.3, -0.25) is 20.4 Å². The standard InChI is InChI=1S/C20H22Br2N2O4/c1-13(2)9-10-27-17-6-4-3-5-15(17)20(26)24-23-19(25)12-28-18-8-7-14(21)11-16(18)22/h3-8,11,13H,9-10,12H2,1-2H3,(H,23,25)(H,24,26). The van der Waals surface area contributed by atoms with Gasteiger partial charge in [0.05, 0.1) is 16.6 Å². The number of hydrazine groups is 1. The lowest BCUT2D eigenvalue weighted by molar-refractivity contribution is -0.123. The first kappa shape index (κ1) is 22.2. The highest BCUT2D eigenvalue weighted by molar-refractivity contribution is 9.11. The molecule has 28 heavy (non-hydrogen) atoms. The zero-order valence-electron chi connectivity index (χ0n) is 15.6. The summed E-state index contributed by atoms with van der Waals surface area (Å²) in [5, 5.41) is 0. The van der Waals surface area contributed by atoms with Crippen LogP contribution in [0.2, 0.25) is 0 Å². The van der Waals surface area contributed by atoms with Crippen LogP contribution in [0.15, 0.2) is 51.4 Å². The third-order valence-electron chi connectivity index (χ3n) is 3.65. The van der Waals surface area contributed by atoms with Crippen molar-refractivity contribution in [3.63, 3.8) is 0 Å². The van der Waals surface area contributed by atoms with Crippen molar-refractivity contribution < 1.29 is 19.1 Å². The van der Waals surface area contributed by atoms with E-state index < -0.39 is 11.8 Å². The van der Waals surface area contributed by atoms with Crippen LogP contribution in [0, 0.1) is 5.92 Å². The molecule has 0 aromatic heterocycles. The molecule has 0 aliphatic rings. The van der Waals surface area contributed by atoms with Crippen LogP contribution >= 0.6 is 31.9 Å². The van der Waals surface area contributed by atoms with E-state index in [-0.39, 0.29) is 6.61 Å². The molecule has 2 N–H and O–H groups in total. The van der Waals surface area contributed by atoms with Gasteiger partial charge in [0.2, 0.25) is 0 Å². The van der Waals surface area contributed by atoms with Crippen LogP contribution in [-0.2, 0) is 4.79 Å². The second-order valence-corrected chi connectivity index (χ2v) is 8.16. The van der Waals surface area contributed by atoms with Gasteiger partial charge < -0.3 is 9.47 Å². The molecule has 6 nitrogen and oxygen atoms in total. The van der Waals surface area contributed by atoms with Gasteiger partial charge in [0.15, 0.2) is 6.61 Å². The Bertz CT molecular complexity index is 828. The lowest BCUT2D eigenvalue weighted by atomic mass is 10.1. The molecular weight excluding hydrogens is 492 g/mol. The van der Waals surface area contributed by atoms with Crippen molar-refractivity contribution in [1.29, 1.82) is 0 Å². The third-order valence-corrected chi connectivity index (χ3v) is 4.77. The summed E-state index contributed by atoms with van der Waals surface area (Å²) in [5.41, 5.74) is 5.07. The molecule has 0 fully saturated rings. The van der Waals surface area contributed by atoms with Gasteiger partial charge in [-0.2, -0.15) is 0 Å². The SMILES string of the molecule is CC(C)CCOc1ccccc1C(=O)NNC(=O)COc1ccc(Br)cc1Br. The van der Waals surface area contributed by atoms with E-state index in [9.17, 15) is 9.59 Å². The number of ether oxygens (including phenoxy) is 2. The predicted molar refractivity (Wildman–Crippen MR) is 114 cm³/mol. The normalized spacial score (nSPS) is 10.5. The van der Waals surface area contributed by atoms with E-state index >= 15 is 0 Å². The molecule has 0 saturated heterocycles. The van der Waals surface area contributed by atoms with Crippen molar-refractivity contribution in [3.8, 4) is 11.5 Å². The van der Waals surface area contributed by atoms with E-state index in [1.165, 1.54) is 0 Å². The third kappa shape index (κ3) is 7.16. The second-order valence-electron chi connectivity index (χ2n) is 6.39. The molecule has 0 bridgehead atoms. The van der Waals surface area contributed by atoms with Crippen molar-refractivity contribution >= 4 is 43.7 Å². The van der Waals surface area contributed by atoms with E-state index in [2.05, 4.69) is 56.6 Å². The van der Waals surface area contributed by atoms with Gasteiger partial charge in [0.25, 0.3) is 11.8 Å². The van der Waals surface area contributed by atoms with Crippen LogP contribution in [0.4, 0.5) is 0 Å². The van der Waals surface area contributed by atoms with Crippen LogP contribution in [0.1, 0.15) is 30.6 Å². The Labute approximate surface area is 181 Å². The number of carbonyl (C=O) groups is 2. The van der Waals surface area contributed by atoms with Crippen molar-refractivity contribution in [2.45, 2.75) is 20.3 Å². The Balaban J connectivity index is 1.85. The number of benzene rings is 2. The fourth-order valence-corrected chi connectivity index (χ4v) is 3.31. The monoisotopic (exact) mass is 512 g/mol. The van der Waals surface area contributed by atoms with Gasteiger partial charge in [-0.15, -0.1) is 0 Å². The fourth-order valence-electron chi connectivity index (χ4n) is 2.15. The van der Waals surface area contributed by atoms with E-state index in [0.717, 1.165) is 10.9 Å². The lowest BCUT2D eigenvalue weighted by Crippen LogP contribution is -2.44. The molecule has 0 spiro atoms. The molecule has 2 rings (SSSR count). The maximum Gasteiger partial charge on any atom is 0.276 e. The molecular formula is C20H22Br2N2O4. The van der Waals surface area contributed by atoms with Crippen LogP contribution in [0.5, 0.6) is 11.5 Å². The fraction of sp³-hybridized carbons (Fsp3) is 0.300. The molecule has 2 amide bonds. The van der Waals surface area contributed by atoms with Crippen LogP contribution in [-0.4, -0.2) is 25.0 Å². The Morgan fingerprint density at radius 1 is 1.00 bits per heavy atom. The molecule has 0 saturated carbocycles. The van der Waals surface area contributed by atoms with Crippen LogP contribution in [0.25, 0.3) is 0 Å². The van der Waals surface area contributed by atoms with Crippen LogP contribution < -0.4 is 20.3 Å². The molecule has 0 atom stereocenters. The summed E-state index contributed by atoms with van der Waals surface area (Å²) in [6.45, 7) is 4.48. The van der Waals surface area contributed by atoms with Crippen LogP contribution in [0.3, 0.4) is 0 Å². The van der Waals surface area contributed by atoms with E-state index in [4.69, 9.17) is 9.47 Å². The lowest BCUT2D eigenvalue weighted by Gasteiger charge is -2.13. The summed E-state index contributed by atoms with van der Waals surface area (Å²) in [6.07, 6.45) is 0.885. The zero-order chi connectivity index (χ0) is 20.5. The summed E-state index contributed by atoms with van der Waals surface area (Å²) in [5.74, 6) is 0.559. The minimum atomic E-state index is -0.485. The first-order valence-electron chi connectivity index (χ1n) is 8.75. The zero-order valence-corrected chi connectivity index (χ0v) is 18.8. The summed E-state index contributed by atoms with van der Waals surface area (Å²) in [4.78, 5) is 24.3. The van der Waals surface area contributed by atoms with E-state index in [0.29, 0.717) is 34.1 Å². The largest absolute Gasteiger partial charge is 0.493 e. The highest BCUT2D eigenvalue weighted by Gasteiger charge is 2.13. The maximum atomic E-state index is 12.4. The molecule has 0 radical (unpaired) electrons. The van der Waals surface area contributed by atoms with Gasteiger partial charge in [0.1, 0.15) is 11.5 Å². The number of hydrogen-bond donors (Lipinski definition) is 2. The van der Waals surface area contributed by atoms with E-state index in [1.54, 1.807) is 36.4 Å². The Hall–Kier alpha value is -2.06. The molecule has 8 heteroatoms. The second kappa shape index (κ2) is 11.1. The number of rotatable bonds is 8. The van der Waals surface area contributed by atoms with Crippen molar-refractivity contribution in [2.24, 2.45) is 5.92 Å². The summed E-state index contributed by atoms with van der Waals surface area (Å²) < 4.78 is 12.7. The average molecular weight is 514 g/mol. The molecule has 0 unspecified atom stereocenters. The topological polar surface area (TPSA) is 76.7 Å². The molecule has 0 heterocycles. The number of hydrogen-bond acceptors (Lipinski definition) is 4. The number of para-hydroxylation sites is 1. The molecule has 2 aromatic rings. The Kier molecular flexibility index (Phi) is 8.79. The molecule has 0 aliphatic heterocycles. The summed E-state index contributed by atoms with van der Waals surface area (Å²) >= 11 is 6.70. The Morgan fingerprint density at radius 2 is 1.75 bits per heavy atom. The van der Waals surface area contributed by atoms with E-state index in [1.807, 2.05) is 6.07 Å². The number of carbonyl (C=O) groups excluding carboxylic acids is 2. The Morgan fingerprint density at radius 3 is 2.46 bits per heavy atom. The van der Waals surface area contributed by atoms with Gasteiger partial charge in [0, 0.05) is 4.47 Å². The summed E-state index contributed by atoms with van der Waals surface area (Å²) in [6, 6.07) is 12.2. The highest BCUT2D eigenvalue weighted by atomic mass is 79.9. The maximum absolute atomic E-state index is 12.4. The molecule has 150 valence electrons. The minimum absolute atomic E-state index is 0.243. The highest BCUT2D eigenvalue weighted by Crippen LogP contribution is 2.28. The smallest absolute Gasteiger partial charge is 0.276 e. The van der Waals surface area contributed by atoms with Crippen molar-refractivity contribution in [1.82, 2.24) is 10.9 Å². The van der Waals surface area contributed by atoms with Crippen molar-refractivity contribution in [2.75, 3.05) is 13.2 Å². The van der Waals surface area contributed by atoms with Gasteiger partial charge in [-0.05, 0) is 58.6 Å². The molecule has 2 aromatic carbocycles. The number of amides is 2. The number of halogens is 2. The minimum Gasteiger partial charge on any atom is -0.493 e. The quantitative estimate of drug-likeness (QED) is 0.510. The number of nitrogens with one attached hydrogen (secondary N) is 2. The van der Waals surface area contributed by atoms with Gasteiger partial charge in [-0.1, -0.05) is 41.9 Å². The molecule has 0 aliphatic carbocycles. The average Bonchev–Trinajstić information content (AvgIpc) is 2.65. The summed E-state index contributed by atoms with van der Waals surface area (Å²) in [7, 11) is 0. The first-order chi connectivity index (χ1) is 13.4. The first-order valence-corrected chi connectivity index (χ1v) is 10.3. The van der Waals surface area contributed by atoms with Crippen molar-refractivity contribution in [3.05, 3.63) is 57.0 Å². The van der Waals surface area contributed by atoms with Gasteiger partial charge >= 0.3 is 0 Å².